The van der Waals surface area contributed by atoms with Crippen molar-refractivity contribution in [1.29, 1.82) is 0 Å². The first-order valence-electron chi connectivity index (χ1n) is 10.3. The number of hydrogen-bond acceptors (Lipinski definition) is 7. The molecular weight excluding hydrogens is 376 g/mol. The number of morpholine rings is 1. The first-order valence-corrected chi connectivity index (χ1v) is 10.3. The zero-order valence-corrected chi connectivity index (χ0v) is 18.0. The van der Waals surface area contributed by atoms with Gasteiger partial charge in [-0.05, 0) is 62.1 Å². The van der Waals surface area contributed by atoms with E-state index in [0.717, 1.165) is 24.5 Å². The van der Waals surface area contributed by atoms with Gasteiger partial charge in [-0.3, -0.25) is 0 Å². The summed E-state index contributed by atoms with van der Waals surface area (Å²) in [5.74, 6) is 1.69. The lowest BCUT2D eigenvalue weighted by atomic mass is 10.1. The minimum absolute atomic E-state index is 0.521. The minimum atomic E-state index is 0.521. The predicted octanol–water partition coefficient (Wildman–Crippen LogP) is 4.43. The van der Waals surface area contributed by atoms with Gasteiger partial charge in [0, 0.05) is 24.5 Å². The van der Waals surface area contributed by atoms with E-state index in [-0.39, 0.29) is 0 Å². The molecule has 1 fully saturated rings. The molecule has 0 spiro atoms. The summed E-state index contributed by atoms with van der Waals surface area (Å²) in [6, 6.07) is 12.3. The van der Waals surface area contributed by atoms with Crippen molar-refractivity contribution in [2.75, 3.05) is 41.8 Å². The van der Waals surface area contributed by atoms with E-state index in [9.17, 15) is 0 Å². The van der Waals surface area contributed by atoms with Crippen LogP contribution in [-0.2, 0) is 4.74 Å². The quantitative estimate of drug-likeness (QED) is 0.651. The van der Waals surface area contributed by atoms with Crippen LogP contribution in [0.25, 0.3) is 0 Å². The largest absolute Gasteiger partial charge is 0.378 e. The van der Waals surface area contributed by atoms with Crippen molar-refractivity contribution >= 4 is 29.2 Å². The topological polar surface area (TPSA) is 75.2 Å². The maximum Gasteiger partial charge on any atom is 0.233 e. The fraction of sp³-hybridized carbons (Fsp3) is 0.348. The highest BCUT2D eigenvalue weighted by molar-refractivity contribution is 5.64. The van der Waals surface area contributed by atoms with Gasteiger partial charge in [-0.1, -0.05) is 24.3 Å². The molecule has 0 aliphatic carbocycles. The van der Waals surface area contributed by atoms with Crippen LogP contribution in [0.5, 0.6) is 0 Å². The number of hydrogen-bond donors (Lipinski definition) is 2. The van der Waals surface area contributed by atoms with Crippen LogP contribution in [0.2, 0.25) is 0 Å². The lowest BCUT2D eigenvalue weighted by Gasteiger charge is -2.27. The van der Waals surface area contributed by atoms with Gasteiger partial charge in [0.15, 0.2) is 0 Å². The Hall–Kier alpha value is -3.19. The second-order valence-corrected chi connectivity index (χ2v) is 7.63. The smallest absolute Gasteiger partial charge is 0.233 e. The molecule has 1 aromatic heterocycles. The second kappa shape index (κ2) is 8.67. The summed E-state index contributed by atoms with van der Waals surface area (Å²) in [6.45, 7) is 11.2. The number of ether oxygens (including phenoxy) is 1. The molecule has 4 rings (SSSR count). The molecule has 0 saturated carbocycles. The van der Waals surface area contributed by atoms with Gasteiger partial charge in [-0.25, -0.2) is 0 Å². The van der Waals surface area contributed by atoms with Crippen molar-refractivity contribution < 1.29 is 4.74 Å². The zero-order valence-electron chi connectivity index (χ0n) is 18.0. The van der Waals surface area contributed by atoms with Crippen LogP contribution in [0, 0.1) is 27.7 Å². The number of rotatable bonds is 5. The first-order chi connectivity index (χ1) is 14.5. The van der Waals surface area contributed by atoms with Gasteiger partial charge in [-0.15, -0.1) is 0 Å². The molecule has 3 aromatic rings. The molecule has 1 aliphatic rings. The fourth-order valence-electron chi connectivity index (χ4n) is 3.40. The van der Waals surface area contributed by atoms with Crippen molar-refractivity contribution in [3.05, 3.63) is 58.7 Å². The van der Waals surface area contributed by atoms with E-state index in [0.29, 0.717) is 31.1 Å². The van der Waals surface area contributed by atoms with Crippen molar-refractivity contribution in [2.24, 2.45) is 0 Å². The van der Waals surface area contributed by atoms with E-state index in [1.165, 1.54) is 22.3 Å². The van der Waals surface area contributed by atoms with Crippen molar-refractivity contribution in [3.8, 4) is 0 Å². The summed E-state index contributed by atoms with van der Waals surface area (Å²) in [6.07, 6.45) is 0. The van der Waals surface area contributed by atoms with Gasteiger partial charge >= 0.3 is 0 Å². The molecule has 0 atom stereocenters. The number of benzene rings is 2. The van der Waals surface area contributed by atoms with Crippen LogP contribution in [0.3, 0.4) is 0 Å². The molecule has 0 amide bonds. The van der Waals surface area contributed by atoms with E-state index in [1.807, 2.05) is 24.3 Å². The Bertz CT molecular complexity index is 974. The third kappa shape index (κ3) is 4.36. The third-order valence-electron chi connectivity index (χ3n) is 5.62. The van der Waals surface area contributed by atoms with E-state index < -0.39 is 0 Å². The summed E-state index contributed by atoms with van der Waals surface area (Å²) in [5, 5.41) is 6.77. The maximum atomic E-state index is 5.49. The highest BCUT2D eigenvalue weighted by atomic mass is 16.5. The minimum Gasteiger partial charge on any atom is -0.378 e. The van der Waals surface area contributed by atoms with Gasteiger partial charge in [0.25, 0.3) is 0 Å². The standard InChI is InChI=1S/C23H28N6O/c1-15-7-5-9-19(17(15)3)24-21-26-22(25-20-10-6-8-16(2)18(20)4)28-23(27-21)29-11-13-30-14-12-29/h5-10H,11-14H2,1-4H3,(H2,24,25,26,27,28). The molecule has 7 heteroatoms. The lowest BCUT2D eigenvalue weighted by molar-refractivity contribution is 0.122. The molecule has 1 aliphatic heterocycles. The average Bonchev–Trinajstić information content (AvgIpc) is 2.75. The lowest BCUT2D eigenvalue weighted by Crippen LogP contribution is -2.37. The van der Waals surface area contributed by atoms with E-state index in [4.69, 9.17) is 14.7 Å². The SMILES string of the molecule is Cc1cccc(Nc2nc(Nc3cccc(C)c3C)nc(N3CCOCC3)n2)c1C. The van der Waals surface area contributed by atoms with Crippen LogP contribution in [0.15, 0.2) is 36.4 Å². The summed E-state index contributed by atoms with van der Waals surface area (Å²) >= 11 is 0. The van der Waals surface area contributed by atoms with Gasteiger partial charge in [0.05, 0.1) is 13.2 Å². The number of aryl methyl sites for hydroxylation is 2. The number of aromatic nitrogens is 3. The van der Waals surface area contributed by atoms with E-state index in [1.54, 1.807) is 0 Å². The molecule has 156 valence electrons. The van der Waals surface area contributed by atoms with Crippen LogP contribution >= 0.6 is 0 Å². The number of anilines is 5. The maximum absolute atomic E-state index is 5.49. The van der Waals surface area contributed by atoms with Crippen LogP contribution in [0.1, 0.15) is 22.3 Å². The Kier molecular flexibility index (Phi) is 5.81. The van der Waals surface area contributed by atoms with Crippen LogP contribution < -0.4 is 15.5 Å². The summed E-state index contributed by atoms with van der Waals surface area (Å²) in [7, 11) is 0. The Morgan fingerprint density at radius 1 is 0.733 bits per heavy atom. The summed E-state index contributed by atoms with van der Waals surface area (Å²) in [4.78, 5) is 16.2. The van der Waals surface area contributed by atoms with Crippen molar-refractivity contribution in [2.45, 2.75) is 27.7 Å². The fourth-order valence-corrected chi connectivity index (χ4v) is 3.40. The molecule has 0 radical (unpaired) electrons. The van der Waals surface area contributed by atoms with E-state index >= 15 is 0 Å². The second-order valence-electron chi connectivity index (χ2n) is 7.63. The molecule has 0 bridgehead atoms. The van der Waals surface area contributed by atoms with E-state index in [2.05, 4.69) is 60.3 Å². The highest BCUT2D eigenvalue weighted by Crippen LogP contribution is 2.25. The molecule has 2 aromatic carbocycles. The molecule has 7 nitrogen and oxygen atoms in total. The summed E-state index contributed by atoms with van der Waals surface area (Å²) in [5.41, 5.74) is 6.77. The number of nitrogens with one attached hydrogen (secondary N) is 2. The Labute approximate surface area is 177 Å². The van der Waals surface area contributed by atoms with Crippen LogP contribution in [-0.4, -0.2) is 41.3 Å². The zero-order chi connectivity index (χ0) is 21.1. The Morgan fingerprint density at radius 3 is 1.73 bits per heavy atom. The van der Waals surface area contributed by atoms with Gasteiger partial charge < -0.3 is 20.3 Å². The van der Waals surface area contributed by atoms with Gasteiger partial charge in [0.2, 0.25) is 17.8 Å². The highest BCUT2D eigenvalue weighted by Gasteiger charge is 2.17. The molecule has 30 heavy (non-hydrogen) atoms. The third-order valence-corrected chi connectivity index (χ3v) is 5.62. The van der Waals surface area contributed by atoms with Gasteiger partial charge in [-0.2, -0.15) is 15.0 Å². The molecule has 0 unspecified atom stereocenters. The Morgan fingerprint density at radius 2 is 1.23 bits per heavy atom. The Balaban J connectivity index is 1.70. The van der Waals surface area contributed by atoms with Crippen molar-refractivity contribution in [3.63, 3.8) is 0 Å². The average molecular weight is 405 g/mol. The van der Waals surface area contributed by atoms with Crippen molar-refractivity contribution in [1.82, 2.24) is 15.0 Å². The monoisotopic (exact) mass is 404 g/mol. The van der Waals surface area contributed by atoms with Gasteiger partial charge in [0.1, 0.15) is 0 Å². The number of nitrogens with zero attached hydrogens (tertiary/aromatic N) is 4. The normalized spacial score (nSPS) is 13.9. The predicted molar refractivity (Wildman–Crippen MR) is 121 cm³/mol. The molecule has 2 heterocycles. The summed E-state index contributed by atoms with van der Waals surface area (Å²) < 4.78 is 5.49. The molecule has 1 saturated heterocycles. The van der Waals surface area contributed by atoms with Crippen LogP contribution in [0.4, 0.5) is 29.2 Å². The molecular formula is C23H28N6O. The first kappa shape index (κ1) is 20.1. The molecule has 2 N–H and O–H groups in total.